The van der Waals surface area contributed by atoms with Crippen molar-refractivity contribution in [1.82, 2.24) is 4.31 Å². The van der Waals surface area contributed by atoms with Gasteiger partial charge in [0.25, 0.3) is 10.0 Å². The van der Waals surface area contributed by atoms with Gasteiger partial charge in [0, 0.05) is 18.6 Å². The van der Waals surface area contributed by atoms with Crippen molar-refractivity contribution in [3.63, 3.8) is 0 Å². The summed E-state index contributed by atoms with van der Waals surface area (Å²) >= 11 is 4.61. The summed E-state index contributed by atoms with van der Waals surface area (Å²) in [5, 5.41) is 0. The second-order valence-electron chi connectivity index (χ2n) is 4.33. The molecule has 0 saturated carbocycles. The van der Waals surface area contributed by atoms with Crippen LogP contribution in [0.15, 0.2) is 14.1 Å². The standard InChI is InChI=1S/C10H15BrN2O2S2/c1-6-5-9(16-10(6)11)17(14,15)13-4-3-8(12)7(13)2/h5,7-8H,3-4,12H2,1-2H3. The number of nitrogens with two attached hydrogens (primary N) is 1. The van der Waals surface area contributed by atoms with Gasteiger partial charge in [0.15, 0.2) is 0 Å². The van der Waals surface area contributed by atoms with Crippen LogP contribution in [0.2, 0.25) is 0 Å². The molecule has 1 saturated heterocycles. The fraction of sp³-hybridized carbons (Fsp3) is 0.600. The molecule has 2 atom stereocenters. The topological polar surface area (TPSA) is 63.4 Å². The Morgan fingerprint density at radius 1 is 1.59 bits per heavy atom. The van der Waals surface area contributed by atoms with Gasteiger partial charge in [-0.3, -0.25) is 0 Å². The Morgan fingerprint density at radius 3 is 2.65 bits per heavy atom. The average molecular weight is 339 g/mol. The highest BCUT2D eigenvalue weighted by Crippen LogP contribution is 2.34. The molecule has 96 valence electrons. The SMILES string of the molecule is Cc1cc(S(=O)(=O)N2CCC(N)C2C)sc1Br. The molecular weight excluding hydrogens is 324 g/mol. The maximum Gasteiger partial charge on any atom is 0.252 e. The Labute approximate surface area is 114 Å². The predicted octanol–water partition coefficient (Wildman–Crippen LogP) is 1.93. The number of aryl methyl sites for hydroxylation is 1. The lowest BCUT2D eigenvalue weighted by Crippen LogP contribution is -2.40. The lowest BCUT2D eigenvalue weighted by Gasteiger charge is -2.21. The van der Waals surface area contributed by atoms with Crippen molar-refractivity contribution in [2.24, 2.45) is 5.73 Å². The third-order valence-electron chi connectivity index (χ3n) is 3.15. The minimum absolute atomic E-state index is 0.0609. The van der Waals surface area contributed by atoms with Gasteiger partial charge in [-0.2, -0.15) is 4.31 Å². The first-order valence-electron chi connectivity index (χ1n) is 5.37. The molecule has 0 amide bonds. The Hall–Kier alpha value is 0.0500. The Kier molecular flexibility index (Phi) is 3.66. The summed E-state index contributed by atoms with van der Waals surface area (Å²) in [4.78, 5) is 0. The second kappa shape index (κ2) is 4.62. The van der Waals surface area contributed by atoms with Crippen molar-refractivity contribution in [1.29, 1.82) is 0 Å². The van der Waals surface area contributed by atoms with Crippen molar-refractivity contribution in [2.45, 2.75) is 36.6 Å². The summed E-state index contributed by atoms with van der Waals surface area (Å²) in [6.45, 7) is 4.27. The molecule has 2 N–H and O–H groups in total. The van der Waals surface area contributed by atoms with E-state index in [0.717, 1.165) is 15.8 Å². The molecule has 0 radical (unpaired) electrons. The monoisotopic (exact) mass is 338 g/mol. The lowest BCUT2D eigenvalue weighted by molar-refractivity contribution is 0.394. The summed E-state index contributed by atoms with van der Waals surface area (Å²) in [5.41, 5.74) is 6.82. The van der Waals surface area contributed by atoms with Crippen LogP contribution in [0.5, 0.6) is 0 Å². The summed E-state index contributed by atoms with van der Waals surface area (Å²) in [5.74, 6) is 0. The minimum atomic E-state index is -3.38. The predicted molar refractivity (Wildman–Crippen MR) is 72.7 cm³/mol. The largest absolute Gasteiger partial charge is 0.326 e. The molecule has 2 unspecified atom stereocenters. The first-order chi connectivity index (χ1) is 7.84. The van der Waals surface area contributed by atoms with Crippen LogP contribution in [0.1, 0.15) is 18.9 Å². The van der Waals surface area contributed by atoms with Crippen molar-refractivity contribution >= 4 is 37.3 Å². The van der Waals surface area contributed by atoms with Gasteiger partial charge in [-0.25, -0.2) is 8.42 Å². The first kappa shape index (κ1) is 13.5. The van der Waals surface area contributed by atoms with Gasteiger partial charge in [0.05, 0.1) is 3.79 Å². The van der Waals surface area contributed by atoms with Crippen LogP contribution in [-0.2, 0) is 10.0 Å². The maximum absolute atomic E-state index is 12.4. The van der Waals surface area contributed by atoms with Crippen molar-refractivity contribution in [3.05, 3.63) is 15.4 Å². The molecule has 0 spiro atoms. The molecular formula is C10H15BrN2O2S2. The van der Waals surface area contributed by atoms with Crippen LogP contribution in [0, 0.1) is 6.92 Å². The number of rotatable bonds is 2. The summed E-state index contributed by atoms with van der Waals surface area (Å²) < 4.78 is 27.6. The van der Waals surface area contributed by atoms with E-state index in [1.54, 1.807) is 6.07 Å². The summed E-state index contributed by atoms with van der Waals surface area (Å²) in [7, 11) is -3.38. The Bertz CT molecular complexity index is 507. The molecule has 1 aromatic rings. The minimum Gasteiger partial charge on any atom is -0.326 e. The van der Waals surface area contributed by atoms with Crippen molar-refractivity contribution in [2.75, 3.05) is 6.54 Å². The van der Waals surface area contributed by atoms with Gasteiger partial charge < -0.3 is 5.73 Å². The highest BCUT2D eigenvalue weighted by atomic mass is 79.9. The average Bonchev–Trinajstić information content (AvgIpc) is 2.74. The van der Waals surface area contributed by atoms with Gasteiger partial charge >= 0.3 is 0 Å². The molecule has 0 aromatic carbocycles. The number of sulfonamides is 1. The first-order valence-corrected chi connectivity index (χ1v) is 8.42. The van der Waals surface area contributed by atoms with Crippen LogP contribution < -0.4 is 5.73 Å². The van der Waals surface area contributed by atoms with Gasteiger partial charge in [-0.1, -0.05) is 0 Å². The van der Waals surface area contributed by atoms with Crippen LogP contribution in [0.25, 0.3) is 0 Å². The van der Waals surface area contributed by atoms with E-state index in [0.29, 0.717) is 10.8 Å². The molecule has 4 nitrogen and oxygen atoms in total. The molecule has 1 aliphatic heterocycles. The molecule has 0 bridgehead atoms. The van der Waals surface area contributed by atoms with Crippen LogP contribution in [-0.4, -0.2) is 31.4 Å². The van der Waals surface area contributed by atoms with Crippen molar-refractivity contribution in [3.8, 4) is 0 Å². The zero-order valence-electron chi connectivity index (χ0n) is 9.68. The molecule has 7 heteroatoms. The Balaban J connectivity index is 2.37. The number of halogens is 1. The normalized spacial score (nSPS) is 26.6. The van der Waals surface area contributed by atoms with Gasteiger partial charge in [0.1, 0.15) is 4.21 Å². The molecule has 1 aromatic heterocycles. The van der Waals surface area contributed by atoms with Gasteiger partial charge in [-0.15, -0.1) is 11.3 Å². The van der Waals surface area contributed by atoms with Crippen molar-refractivity contribution < 1.29 is 8.42 Å². The van der Waals surface area contributed by atoms with Crippen LogP contribution in [0.4, 0.5) is 0 Å². The van der Waals surface area contributed by atoms with E-state index < -0.39 is 10.0 Å². The zero-order valence-corrected chi connectivity index (χ0v) is 12.9. The molecule has 1 aliphatic rings. The Morgan fingerprint density at radius 2 is 2.24 bits per heavy atom. The van der Waals surface area contributed by atoms with E-state index in [2.05, 4.69) is 15.9 Å². The maximum atomic E-state index is 12.4. The molecule has 0 aliphatic carbocycles. The zero-order chi connectivity index (χ0) is 12.8. The third kappa shape index (κ3) is 2.31. The van der Waals surface area contributed by atoms with Gasteiger partial charge in [-0.05, 0) is 47.8 Å². The number of nitrogens with zero attached hydrogens (tertiary/aromatic N) is 1. The van der Waals surface area contributed by atoms with E-state index in [9.17, 15) is 8.42 Å². The van der Waals surface area contributed by atoms with Crippen LogP contribution >= 0.6 is 27.3 Å². The fourth-order valence-corrected chi connectivity index (χ4v) is 5.99. The van der Waals surface area contributed by atoms with Gasteiger partial charge in [0.2, 0.25) is 0 Å². The smallest absolute Gasteiger partial charge is 0.252 e. The molecule has 2 rings (SSSR count). The summed E-state index contributed by atoms with van der Waals surface area (Å²) in [6, 6.07) is 1.52. The van der Waals surface area contributed by atoms with Crippen LogP contribution in [0.3, 0.4) is 0 Å². The van der Waals surface area contributed by atoms with E-state index >= 15 is 0 Å². The molecule has 17 heavy (non-hydrogen) atoms. The van der Waals surface area contributed by atoms with E-state index in [4.69, 9.17) is 5.73 Å². The molecule has 1 fully saturated rings. The summed E-state index contributed by atoms with van der Waals surface area (Å²) in [6.07, 6.45) is 0.728. The number of hydrogen-bond donors (Lipinski definition) is 1. The number of thiophene rings is 1. The quantitative estimate of drug-likeness (QED) is 0.896. The highest BCUT2D eigenvalue weighted by Gasteiger charge is 2.38. The van der Waals surface area contributed by atoms with E-state index in [1.165, 1.54) is 15.6 Å². The fourth-order valence-electron chi connectivity index (χ4n) is 1.95. The number of hydrogen-bond acceptors (Lipinski definition) is 4. The highest BCUT2D eigenvalue weighted by molar-refractivity contribution is 9.11. The second-order valence-corrected chi connectivity index (χ2v) is 8.82. The lowest BCUT2D eigenvalue weighted by atomic mass is 10.2. The van der Waals surface area contributed by atoms with E-state index in [1.807, 2.05) is 13.8 Å². The third-order valence-corrected chi connectivity index (χ3v) is 7.73. The molecule has 2 heterocycles. The van der Waals surface area contributed by atoms with E-state index in [-0.39, 0.29) is 12.1 Å².